The molecule has 0 bridgehead atoms. The highest BCUT2D eigenvalue weighted by Crippen LogP contribution is 2.33. The molecule has 45 heavy (non-hydrogen) atoms. The van der Waals surface area contributed by atoms with Crippen molar-refractivity contribution in [2.75, 3.05) is 5.32 Å². The van der Waals surface area contributed by atoms with Crippen molar-refractivity contribution < 1.29 is 50.9 Å². The molecule has 0 spiro atoms. The zero-order valence-corrected chi connectivity index (χ0v) is 22.7. The molecule has 0 unspecified atom stereocenters. The number of carboxylic acids is 2. The van der Waals surface area contributed by atoms with Crippen LogP contribution in [0.15, 0.2) is 79.1 Å². The molecule has 17 heteroatoms. The largest absolute Gasteiger partial charge is 0.478 e. The van der Waals surface area contributed by atoms with Gasteiger partial charge in [-0.05, 0) is 42.5 Å². The number of nitrogens with zero attached hydrogens (tertiary/aromatic N) is 4. The molecule has 0 aliphatic heterocycles. The molecule has 0 saturated heterocycles. The second-order valence-corrected chi connectivity index (χ2v) is 8.98. The molecule has 0 radical (unpaired) electrons. The number of alkyl halides is 6. The van der Waals surface area contributed by atoms with Crippen LogP contribution in [0.1, 0.15) is 11.3 Å². The van der Waals surface area contributed by atoms with Gasteiger partial charge in [0, 0.05) is 43.2 Å². The average Bonchev–Trinajstić information content (AvgIpc) is 3.58. The summed E-state index contributed by atoms with van der Waals surface area (Å²) >= 11 is 0. The maximum atomic E-state index is 12.9. The van der Waals surface area contributed by atoms with Crippen LogP contribution in [0.3, 0.4) is 0 Å². The average molecular weight is 634 g/mol. The summed E-state index contributed by atoms with van der Waals surface area (Å²) < 4.78 is 84.5. The summed E-state index contributed by atoms with van der Waals surface area (Å²) in [5.74, 6) is -1.46. The molecular weight excluding hydrogens is 614 g/mol. The molecule has 11 nitrogen and oxygen atoms in total. The molecule has 0 saturated carbocycles. The summed E-state index contributed by atoms with van der Waals surface area (Å²) in [5.41, 5.74) is 0.125. The van der Waals surface area contributed by atoms with Crippen LogP contribution in [0, 0.1) is 0 Å². The van der Waals surface area contributed by atoms with Crippen molar-refractivity contribution in [2.24, 2.45) is 7.05 Å². The standard InChI is InChI=1S/C24H16F6N6O.C4H4O4/c1-36-19-7-6-15(10-17(19)34-22(36)33-14-4-2-13(3-5-14)23(25,26)27)37-16-8-9-31-18(11-16)21-32-12-20(35-21)24(28,29)30;5-3(6)1-2-4(7)8/h2-12H,1H3,(H,32,35)(H,33,34);1-2H,(H,5,6)(H,7,8)/b;2-1-. The third kappa shape index (κ3) is 8.37. The highest BCUT2D eigenvalue weighted by molar-refractivity contribution is 5.89. The number of hydrogen-bond acceptors (Lipinski definition) is 7. The van der Waals surface area contributed by atoms with Crippen LogP contribution in [0.4, 0.5) is 38.0 Å². The van der Waals surface area contributed by atoms with Gasteiger partial charge in [0.1, 0.15) is 22.9 Å². The highest BCUT2D eigenvalue weighted by atomic mass is 19.4. The fourth-order valence-corrected chi connectivity index (χ4v) is 3.70. The first-order chi connectivity index (χ1) is 21.1. The van der Waals surface area contributed by atoms with E-state index in [1.807, 2.05) is 0 Å². The number of pyridine rings is 1. The number of halogens is 6. The van der Waals surface area contributed by atoms with Crippen molar-refractivity contribution in [3.8, 4) is 23.0 Å². The molecular formula is C28H20F6N6O5. The van der Waals surface area contributed by atoms with E-state index in [4.69, 9.17) is 14.9 Å². The molecule has 234 valence electrons. The minimum atomic E-state index is -4.56. The van der Waals surface area contributed by atoms with E-state index in [0.717, 1.165) is 17.6 Å². The van der Waals surface area contributed by atoms with Gasteiger partial charge in [0.25, 0.3) is 0 Å². The number of carboxylic acid groups (broad SMARTS) is 2. The van der Waals surface area contributed by atoms with Gasteiger partial charge in [0.2, 0.25) is 5.95 Å². The number of rotatable bonds is 7. The Morgan fingerprint density at radius 2 is 1.53 bits per heavy atom. The minimum absolute atomic E-state index is 0.0584. The van der Waals surface area contributed by atoms with Crippen molar-refractivity contribution in [3.63, 3.8) is 0 Å². The van der Waals surface area contributed by atoms with Gasteiger partial charge < -0.3 is 29.8 Å². The molecule has 3 heterocycles. The molecule has 4 N–H and O–H groups in total. The Balaban J connectivity index is 0.000000510. The third-order valence-electron chi connectivity index (χ3n) is 5.78. The van der Waals surface area contributed by atoms with E-state index in [9.17, 15) is 35.9 Å². The molecule has 5 aromatic rings. The Kier molecular flexibility index (Phi) is 9.10. The van der Waals surface area contributed by atoms with Crippen molar-refractivity contribution in [3.05, 3.63) is 90.4 Å². The first-order valence-corrected chi connectivity index (χ1v) is 12.4. The number of ether oxygens (including phenoxy) is 1. The number of imidazole rings is 2. The number of aromatic amines is 1. The van der Waals surface area contributed by atoms with Gasteiger partial charge in [-0.3, -0.25) is 4.98 Å². The summed E-state index contributed by atoms with van der Waals surface area (Å²) in [5, 5.41) is 18.6. The predicted octanol–water partition coefficient (Wildman–Crippen LogP) is 6.64. The molecule has 0 fully saturated rings. The lowest BCUT2D eigenvalue weighted by Crippen LogP contribution is -2.05. The number of anilines is 2. The molecule has 0 atom stereocenters. The maximum Gasteiger partial charge on any atom is 0.432 e. The third-order valence-corrected chi connectivity index (χ3v) is 5.78. The predicted molar refractivity (Wildman–Crippen MR) is 147 cm³/mol. The van der Waals surface area contributed by atoms with Crippen molar-refractivity contribution >= 4 is 34.6 Å². The van der Waals surface area contributed by atoms with Crippen LogP contribution in [-0.4, -0.2) is 46.7 Å². The number of fused-ring (bicyclic) bond motifs is 1. The smallest absolute Gasteiger partial charge is 0.432 e. The lowest BCUT2D eigenvalue weighted by Gasteiger charge is -2.09. The lowest BCUT2D eigenvalue weighted by molar-refractivity contribution is -0.141. The van der Waals surface area contributed by atoms with Crippen LogP contribution < -0.4 is 10.1 Å². The molecule has 0 aliphatic carbocycles. The summed E-state index contributed by atoms with van der Waals surface area (Å²) in [6, 6.07) is 12.7. The minimum Gasteiger partial charge on any atom is -0.478 e. The van der Waals surface area contributed by atoms with E-state index in [1.165, 1.54) is 30.5 Å². The summed E-state index contributed by atoms with van der Waals surface area (Å²) in [6.45, 7) is 0. The number of benzene rings is 2. The van der Waals surface area contributed by atoms with Gasteiger partial charge in [-0.2, -0.15) is 26.3 Å². The normalized spacial score (nSPS) is 11.7. The Bertz CT molecular complexity index is 1850. The SMILES string of the molecule is Cn1c(Nc2ccc(C(F)(F)F)cc2)nc2cc(Oc3ccnc(-c4ncc(C(F)(F)F)[nH]4)c3)ccc21.O=C(O)/C=C\C(=O)O. The van der Waals surface area contributed by atoms with Crippen molar-refractivity contribution in [1.82, 2.24) is 24.5 Å². The van der Waals surface area contributed by atoms with Crippen molar-refractivity contribution in [2.45, 2.75) is 12.4 Å². The van der Waals surface area contributed by atoms with Crippen LogP contribution in [0.5, 0.6) is 11.5 Å². The molecule has 2 aromatic carbocycles. The Morgan fingerprint density at radius 3 is 2.11 bits per heavy atom. The van der Waals surface area contributed by atoms with Crippen molar-refractivity contribution in [1.29, 1.82) is 0 Å². The maximum absolute atomic E-state index is 12.9. The monoisotopic (exact) mass is 634 g/mol. The number of aryl methyl sites for hydroxylation is 1. The number of H-pyrrole nitrogens is 1. The Hall–Kier alpha value is -5.87. The van der Waals surface area contributed by atoms with E-state index in [0.29, 0.717) is 47.0 Å². The second kappa shape index (κ2) is 12.8. The van der Waals surface area contributed by atoms with Crippen LogP contribution in [0.25, 0.3) is 22.6 Å². The van der Waals surface area contributed by atoms with Gasteiger partial charge >= 0.3 is 24.3 Å². The molecule has 0 amide bonds. The second-order valence-electron chi connectivity index (χ2n) is 8.98. The number of carbonyl (C=O) groups is 2. The number of aliphatic carboxylic acids is 2. The number of aromatic nitrogens is 5. The number of hydrogen-bond donors (Lipinski definition) is 4. The van der Waals surface area contributed by atoms with Gasteiger partial charge in [-0.15, -0.1) is 0 Å². The number of nitrogens with one attached hydrogen (secondary N) is 2. The Labute approximate surface area is 248 Å². The van der Waals surface area contributed by atoms with E-state index in [-0.39, 0.29) is 11.5 Å². The van der Waals surface area contributed by atoms with Gasteiger partial charge in [-0.25, -0.2) is 19.6 Å². The summed E-state index contributed by atoms with van der Waals surface area (Å²) in [7, 11) is 1.75. The van der Waals surface area contributed by atoms with Gasteiger partial charge in [-0.1, -0.05) is 0 Å². The molecule has 0 aliphatic rings. The van der Waals surface area contributed by atoms with Crippen LogP contribution in [0.2, 0.25) is 0 Å². The molecule has 5 rings (SSSR count). The van der Waals surface area contributed by atoms with E-state index in [1.54, 1.807) is 29.8 Å². The fourth-order valence-electron chi connectivity index (χ4n) is 3.70. The van der Waals surface area contributed by atoms with Gasteiger partial charge in [0.15, 0.2) is 5.82 Å². The van der Waals surface area contributed by atoms with Crippen LogP contribution >= 0.6 is 0 Å². The van der Waals surface area contributed by atoms with Gasteiger partial charge in [0.05, 0.1) is 22.8 Å². The fraction of sp³-hybridized carbons (Fsp3) is 0.107. The topological polar surface area (TPSA) is 155 Å². The van der Waals surface area contributed by atoms with E-state index >= 15 is 0 Å². The van der Waals surface area contributed by atoms with E-state index in [2.05, 4.69) is 25.3 Å². The summed E-state index contributed by atoms with van der Waals surface area (Å²) in [4.78, 5) is 33.6. The first kappa shape index (κ1) is 32.1. The Morgan fingerprint density at radius 1 is 0.889 bits per heavy atom. The van der Waals surface area contributed by atoms with Crippen LogP contribution in [-0.2, 0) is 29.0 Å². The molecule has 3 aromatic heterocycles. The lowest BCUT2D eigenvalue weighted by atomic mass is 10.2. The first-order valence-electron chi connectivity index (χ1n) is 12.4. The zero-order chi connectivity index (χ0) is 32.9. The summed E-state index contributed by atoms with van der Waals surface area (Å²) in [6.07, 6.45) is -5.80. The van der Waals surface area contributed by atoms with E-state index < -0.39 is 35.5 Å². The highest BCUT2D eigenvalue weighted by Gasteiger charge is 2.33. The zero-order valence-electron chi connectivity index (χ0n) is 22.7. The quantitative estimate of drug-likeness (QED) is 0.114.